The monoisotopic (exact) mass is 378 g/mol. The minimum atomic E-state index is -0.132. The Hall–Kier alpha value is -3.72. The van der Waals surface area contributed by atoms with Crippen molar-refractivity contribution in [2.45, 2.75) is 13.0 Å². The molecule has 0 saturated heterocycles. The Kier molecular flexibility index (Phi) is 5.48. The molecule has 4 rings (SSSR count). The molecular weight excluding hydrogens is 356 g/mol. The lowest BCUT2D eigenvalue weighted by Crippen LogP contribution is -2.26. The van der Waals surface area contributed by atoms with Crippen LogP contribution in [0.25, 0.3) is 10.8 Å². The summed E-state index contributed by atoms with van der Waals surface area (Å²) in [5.74, 6) is -0.132. The molecule has 142 valence electrons. The summed E-state index contributed by atoms with van der Waals surface area (Å²) in [7, 11) is 0. The number of para-hydroxylation sites is 1. The fourth-order valence-electron chi connectivity index (χ4n) is 3.38. The third kappa shape index (κ3) is 4.25. The van der Waals surface area contributed by atoms with E-state index in [4.69, 9.17) is 0 Å². The molecule has 0 fully saturated rings. The number of carbonyl (C=O) groups excluding carboxylic acids is 1. The quantitative estimate of drug-likeness (QED) is 0.420. The molecular formula is C26H22N2O. The van der Waals surface area contributed by atoms with E-state index < -0.39 is 0 Å². The van der Waals surface area contributed by atoms with Gasteiger partial charge in [-0.05, 0) is 35.4 Å². The zero-order valence-electron chi connectivity index (χ0n) is 16.2. The van der Waals surface area contributed by atoms with Gasteiger partial charge in [-0.15, -0.1) is 0 Å². The number of rotatable bonds is 5. The molecule has 1 N–H and O–H groups in total. The van der Waals surface area contributed by atoms with Crippen LogP contribution in [0.15, 0.2) is 102 Å². The predicted octanol–water partition coefficient (Wildman–Crippen LogP) is 6.08. The molecule has 3 nitrogen and oxygen atoms in total. The van der Waals surface area contributed by atoms with E-state index in [2.05, 4.69) is 28.5 Å². The van der Waals surface area contributed by atoms with E-state index in [0.29, 0.717) is 11.3 Å². The zero-order chi connectivity index (χ0) is 20.1. The maximum absolute atomic E-state index is 12.9. The summed E-state index contributed by atoms with van der Waals surface area (Å²) in [4.78, 5) is 17.5. The highest BCUT2D eigenvalue weighted by molar-refractivity contribution is 6.03. The van der Waals surface area contributed by atoms with Gasteiger partial charge in [0.15, 0.2) is 0 Å². The first-order valence-electron chi connectivity index (χ1n) is 9.69. The predicted molar refractivity (Wildman–Crippen MR) is 120 cm³/mol. The Balaban J connectivity index is 1.60. The third-order valence-electron chi connectivity index (χ3n) is 4.96. The van der Waals surface area contributed by atoms with Crippen molar-refractivity contribution >= 4 is 28.6 Å². The summed E-state index contributed by atoms with van der Waals surface area (Å²) >= 11 is 0. The molecule has 4 aromatic rings. The Morgan fingerprint density at radius 1 is 0.828 bits per heavy atom. The molecule has 3 heteroatoms. The van der Waals surface area contributed by atoms with Crippen molar-refractivity contribution in [1.29, 1.82) is 0 Å². The van der Waals surface area contributed by atoms with Gasteiger partial charge in [0.1, 0.15) is 0 Å². The van der Waals surface area contributed by atoms with Gasteiger partial charge in [-0.25, -0.2) is 0 Å². The summed E-state index contributed by atoms with van der Waals surface area (Å²) in [6.07, 6.45) is 1.83. The number of amides is 1. The van der Waals surface area contributed by atoms with Crippen LogP contribution in [-0.2, 0) is 0 Å². The highest BCUT2D eigenvalue weighted by Crippen LogP contribution is 2.22. The highest BCUT2D eigenvalue weighted by atomic mass is 16.1. The van der Waals surface area contributed by atoms with Crippen LogP contribution >= 0.6 is 0 Å². The molecule has 0 aliphatic carbocycles. The Morgan fingerprint density at radius 3 is 2.38 bits per heavy atom. The van der Waals surface area contributed by atoms with Gasteiger partial charge >= 0.3 is 0 Å². The number of hydrogen-bond acceptors (Lipinski definition) is 2. The van der Waals surface area contributed by atoms with Crippen LogP contribution < -0.4 is 5.32 Å². The molecule has 0 radical (unpaired) electrons. The molecule has 4 aromatic carbocycles. The summed E-state index contributed by atoms with van der Waals surface area (Å²) < 4.78 is 0. The minimum Gasteiger partial charge on any atom is -0.345 e. The second kappa shape index (κ2) is 8.53. The molecule has 0 aromatic heterocycles. The van der Waals surface area contributed by atoms with E-state index in [-0.39, 0.29) is 11.9 Å². The van der Waals surface area contributed by atoms with Crippen LogP contribution in [0.1, 0.15) is 34.5 Å². The largest absolute Gasteiger partial charge is 0.345 e. The van der Waals surface area contributed by atoms with Gasteiger partial charge in [0.05, 0.1) is 17.3 Å². The van der Waals surface area contributed by atoms with Gasteiger partial charge < -0.3 is 5.32 Å². The van der Waals surface area contributed by atoms with Crippen LogP contribution in [-0.4, -0.2) is 12.1 Å². The normalized spacial score (nSPS) is 12.2. The van der Waals surface area contributed by atoms with Crippen LogP contribution in [0.2, 0.25) is 0 Å². The number of aliphatic imine (C=N–C) groups is 1. The van der Waals surface area contributed by atoms with Crippen molar-refractivity contribution in [1.82, 2.24) is 5.32 Å². The van der Waals surface area contributed by atoms with E-state index in [1.54, 1.807) is 0 Å². The molecule has 29 heavy (non-hydrogen) atoms. The first kappa shape index (κ1) is 18.6. The van der Waals surface area contributed by atoms with Gasteiger partial charge in [0.25, 0.3) is 5.91 Å². The number of nitrogens with one attached hydrogen (secondary N) is 1. The van der Waals surface area contributed by atoms with Crippen LogP contribution in [0.5, 0.6) is 0 Å². The topological polar surface area (TPSA) is 41.5 Å². The minimum absolute atomic E-state index is 0.0844. The van der Waals surface area contributed by atoms with Crippen molar-refractivity contribution in [3.63, 3.8) is 0 Å². The van der Waals surface area contributed by atoms with E-state index in [0.717, 1.165) is 16.5 Å². The Morgan fingerprint density at radius 2 is 1.52 bits per heavy atom. The number of benzene rings is 4. The molecule has 0 aliphatic heterocycles. The van der Waals surface area contributed by atoms with Crippen molar-refractivity contribution in [2.75, 3.05) is 0 Å². The zero-order valence-corrected chi connectivity index (χ0v) is 16.2. The van der Waals surface area contributed by atoms with Crippen molar-refractivity contribution in [2.24, 2.45) is 4.99 Å². The van der Waals surface area contributed by atoms with Gasteiger partial charge in [0, 0.05) is 11.8 Å². The van der Waals surface area contributed by atoms with Gasteiger partial charge in [-0.3, -0.25) is 9.79 Å². The van der Waals surface area contributed by atoms with Crippen molar-refractivity contribution < 1.29 is 4.79 Å². The lowest BCUT2D eigenvalue weighted by atomic mass is 10.1. The number of hydrogen-bond donors (Lipinski definition) is 1. The molecule has 0 saturated carbocycles. The number of fused-ring (bicyclic) bond motifs is 1. The summed E-state index contributed by atoms with van der Waals surface area (Å²) in [6.45, 7) is 1.98. The SMILES string of the molecule is CC(NC(=O)c1ccccc1/N=C/c1cccc2ccccc12)c1ccccc1. The summed E-state index contributed by atoms with van der Waals surface area (Å²) in [5.41, 5.74) is 3.30. The second-order valence-electron chi connectivity index (χ2n) is 6.95. The summed E-state index contributed by atoms with van der Waals surface area (Å²) in [5, 5.41) is 5.37. The van der Waals surface area contributed by atoms with E-state index in [9.17, 15) is 4.79 Å². The Bertz CT molecular complexity index is 1160. The first-order valence-corrected chi connectivity index (χ1v) is 9.69. The van der Waals surface area contributed by atoms with Crippen LogP contribution in [0, 0.1) is 0 Å². The molecule has 0 heterocycles. The Labute approximate surface area is 170 Å². The second-order valence-corrected chi connectivity index (χ2v) is 6.95. The van der Waals surface area contributed by atoms with E-state index >= 15 is 0 Å². The van der Waals surface area contributed by atoms with E-state index in [1.807, 2.05) is 92.0 Å². The lowest BCUT2D eigenvalue weighted by Gasteiger charge is -2.15. The molecule has 0 aliphatic rings. The maximum atomic E-state index is 12.9. The van der Waals surface area contributed by atoms with E-state index in [1.165, 1.54) is 5.39 Å². The number of carbonyl (C=O) groups is 1. The van der Waals surface area contributed by atoms with Crippen molar-refractivity contribution in [3.05, 3.63) is 114 Å². The highest BCUT2D eigenvalue weighted by Gasteiger charge is 2.14. The third-order valence-corrected chi connectivity index (χ3v) is 4.96. The van der Waals surface area contributed by atoms with Gasteiger partial charge in [-0.1, -0.05) is 84.9 Å². The fraction of sp³-hybridized carbons (Fsp3) is 0.0769. The molecule has 0 spiro atoms. The smallest absolute Gasteiger partial charge is 0.253 e. The molecule has 1 atom stereocenters. The number of nitrogens with zero attached hydrogens (tertiary/aromatic N) is 1. The van der Waals surface area contributed by atoms with Crippen LogP contribution in [0.4, 0.5) is 5.69 Å². The van der Waals surface area contributed by atoms with Crippen molar-refractivity contribution in [3.8, 4) is 0 Å². The maximum Gasteiger partial charge on any atom is 0.253 e. The average molecular weight is 378 g/mol. The van der Waals surface area contributed by atoms with Gasteiger partial charge in [0.2, 0.25) is 0 Å². The van der Waals surface area contributed by atoms with Gasteiger partial charge in [-0.2, -0.15) is 0 Å². The fourth-order valence-corrected chi connectivity index (χ4v) is 3.38. The molecule has 1 unspecified atom stereocenters. The summed E-state index contributed by atoms with van der Waals surface area (Å²) in [6, 6.07) is 31.6. The first-order chi connectivity index (χ1) is 14.2. The standard InChI is InChI=1S/C26H22N2O/c1-19(20-10-3-2-4-11-20)28-26(29)24-16-7-8-17-25(24)27-18-22-14-9-13-21-12-5-6-15-23(21)22/h2-19H,1H3,(H,28,29)/b27-18+. The average Bonchev–Trinajstić information content (AvgIpc) is 2.78. The molecule has 1 amide bonds. The lowest BCUT2D eigenvalue weighted by molar-refractivity contribution is 0.0940. The molecule has 0 bridgehead atoms. The van der Waals surface area contributed by atoms with Crippen LogP contribution in [0.3, 0.4) is 0 Å².